The third-order valence-electron chi connectivity index (χ3n) is 3.93. The van der Waals surface area contributed by atoms with Gasteiger partial charge in [-0.2, -0.15) is 0 Å². The molecule has 2 aromatic heterocycles. The van der Waals surface area contributed by atoms with Crippen molar-refractivity contribution in [3.63, 3.8) is 0 Å². The summed E-state index contributed by atoms with van der Waals surface area (Å²) in [6.45, 7) is 5.58. The van der Waals surface area contributed by atoms with E-state index < -0.39 is 0 Å². The van der Waals surface area contributed by atoms with Gasteiger partial charge in [0, 0.05) is 17.6 Å². The van der Waals surface area contributed by atoms with Crippen LogP contribution in [0.2, 0.25) is 0 Å². The number of pyridine rings is 1. The van der Waals surface area contributed by atoms with E-state index >= 15 is 0 Å². The average molecular weight is 323 g/mol. The fraction of sp³-hybridized carbons (Fsp3) is 0.158. The van der Waals surface area contributed by atoms with Crippen LogP contribution in [0.1, 0.15) is 27.3 Å². The number of benzene rings is 1. The fourth-order valence-corrected chi connectivity index (χ4v) is 2.78. The highest BCUT2D eigenvalue weighted by Gasteiger charge is 2.18. The first-order chi connectivity index (χ1) is 11.5. The average Bonchev–Trinajstić information content (AvgIpc) is 2.83. The van der Waals surface area contributed by atoms with E-state index in [1.165, 1.54) is 6.07 Å². The molecule has 122 valence electrons. The van der Waals surface area contributed by atoms with Crippen LogP contribution in [0.5, 0.6) is 0 Å². The molecular formula is C19H18FN3O. The molecule has 0 unspecified atom stereocenters. The molecule has 4 nitrogen and oxygen atoms in total. The minimum Gasteiger partial charge on any atom is -0.315 e. The maximum absolute atomic E-state index is 14.1. The summed E-state index contributed by atoms with van der Waals surface area (Å²) in [6, 6.07) is 11.9. The van der Waals surface area contributed by atoms with Gasteiger partial charge in [-0.05, 0) is 56.7 Å². The molecule has 0 radical (unpaired) electrons. The summed E-state index contributed by atoms with van der Waals surface area (Å²) in [4.78, 5) is 16.7. The largest absolute Gasteiger partial charge is 0.315 e. The lowest BCUT2D eigenvalue weighted by Gasteiger charge is -2.11. The van der Waals surface area contributed by atoms with Crippen LogP contribution < -0.4 is 5.32 Å². The number of aryl methyl sites for hydroxylation is 2. The van der Waals surface area contributed by atoms with Crippen LogP contribution in [0, 0.1) is 26.6 Å². The highest BCUT2D eigenvalue weighted by atomic mass is 19.1. The number of halogens is 1. The SMILES string of the molecule is Cc1ccnc(NC(=O)c2cc(C)n(-c3ccccc3F)c2C)c1. The molecule has 0 spiro atoms. The maximum Gasteiger partial charge on any atom is 0.258 e. The molecule has 3 aromatic rings. The molecule has 0 aliphatic rings. The Labute approximate surface area is 140 Å². The molecule has 0 saturated carbocycles. The molecule has 3 rings (SSSR count). The second kappa shape index (κ2) is 6.28. The Balaban J connectivity index is 1.97. The third-order valence-corrected chi connectivity index (χ3v) is 3.93. The first kappa shape index (κ1) is 15.9. The van der Waals surface area contributed by atoms with E-state index in [1.807, 2.05) is 19.9 Å². The second-order valence-corrected chi connectivity index (χ2v) is 5.74. The number of carbonyl (C=O) groups excluding carboxylic acids is 1. The van der Waals surface area contributed by atoms with Crippen molar-refractivity contribution in [2.45, 2.75) is 20.8 Å². The van der Waals surface area contributed by atoms with E-state index in [0.717, 1.165) is 11.3 Å². The Morgan fingerprint density at radius 3 is 2.58 bits per heavy atom. The number of aromatic nitrogens is 2. The van der Waals surface area contributed by atoms with Gasteiger partial charge < -0.3 is 9.88 Å². The van der Waals surface area contributed by atoms with Crippen LogP contribution in [0.25, 0.3) is 5.69 Å². The Kier molecular flexibility index (Phi) is 4.16. The molecule has 1 N–H and O–H groups in total. The highest BCUT2D eigenvalue weighted by Crippen LogP contribution is 2.23. The van der Waals surface area contributed by atoms with Gasteiger partial charge in [0.1, 0.15) is 11.6 Å². The number of hydrogen-bond donors (Lipinski definition) is 1. The Morgan fingerprint density at radius 2 is 1.88 bits per heavy atom. The monoisotopic (exact) mass is 323 g/mol. The first-order valence-corrected chi connectivity index (χ1v) is 7.65. The van der Waals surface area contributed by atoms with Gasteiger partial charge in [0.15, 0.2) is 0 Å². The number of carbonyl (C=O) groups is 1. The predicted molar refractivity (Wildman–Crippen MR) is 92.1 cm³/mol. The molecule has 0 saturated heterocycles. The van der Waals surface area contributed by atoms with Crippen molar-refractivity contribution in [1.82, 2.24) is 9.55 Å². The number of nitrogens with one attached hydrogen (secondary N) is 1. The van der Waals surface area contributed by atoms with Crippen molar-refractivity contribution in [1.29, 1.82) is 0 Å². The van der Waals surface area contributed by atoms with Gasteiger partial charge in [-0.15, -0.1) is 0 Å². The molecule has 0 aliphatic heterocycles. The van der Waals surface area contributed by atoms with E-state index in [1.54, 1.807) is 48.0 Å². The second-order valence-electron chi connectivity index (χ2n) is 5.74. The molecule has 0 bridgehead atoms. The molecule has 0 fully saturated rings. The van der Waals surface area contributed by atoms with Crippen LogP contribution in [0.15, 0.2) is 48.7 Å². The van der Waals surface area contributed by atoms with Crippen LogP contribution in [0.3, 0.4) is 0 Å². The normalized spacial score (nSPS) is 10.7. The predicted octanol–water partition coefficient (Wildman–Crippen LogP) is 4.19. The van der Waals surface area contributed by atoms with E-state index in [-0.39, 0.29) is 11.7 Å². The summed E-state index contributed by atoms with van der Waals surface area (Å²) in [5, 5.41) is 2.79. The van der Waals surface area contributed by atoms with Crippen molar-refractivity contribution in [2.24, 2.45) is 0 Å². The standard InChI is InChI=1S/C19H18FN3O/c1-12-8-9-21-18(10-12)22-19(24)15-11-13(2)23(14(15)3)17-7-5-4-6-16(17)20/h4-11H,1-3H3,(H,21,22,24). The number of para-hydroxylation sites is 1. The Morgan fingerprint density at radius 1 is 1.12 bits per heavy atom. The van der Waals surface area contributed by atoms with Crippen molar-refractivity contribution >= 4 is 11.7 Å². The van der Waals surface area contributed by atoms with Crippen molar-refractivity contribution in [3.8, 4) is 5.69 Å². The molecular weight excluding hydrogens is 305 g/mol. The summed E-state index contributed by atoms with van der Waals surface area (Å²) in [5.74, 6) is -0.0916. The van der Waals surface area contributed by atoms with Crippen molar-refractivity contribution < 1.29 is 9.18 Å². The molecule has 0 atom stereocenters. The van der Waals surface area contributed by atoms with Gasteiger partial charge in [0.05, 0.1) is 11.3 Å². The zero-order chi connectivity index (χ0) is 17.3. The third kappa shape index (κ3) is 2.93. The van der Waals surface area contributed by atoms with Gasteiger partial charge >= 0.3 is 0 Å². The number of hydrogen-bond acceptors (Lipinski definition) is 2. The Bertz CT molecular complexity index is 915. The summed E-state index contributed by atoms with van der Waals surface area (Å²) < 4.78 is 15.8. The van der Waals surface area contributed by atoms with Gasteiger partial charge in [0.2, 0.25) is 0 Å². The van der Waals surface area contributed by atoms with Crippen LogP contribution in [-0.4, -0.2) is 15.5 Å². The van der Waals surface area contributed by atoms with Gasteiger partial charge in [-0.1, -0.05) is 12.1 Å². The smallest absolute Gasteiger partial charge is 0.258 e. The summed E-state index contributed by atoms with van der Waals surface area (Å²) in [6.07, 6.45) is 1.65. The van der Waals surface area contributed by atoms with E-state index in [4.69, 9.17) is 0 Å². The highest BCUT2D eigenvalue weighted by molar-refractivity contribution is 6.05. The lowest BCUT2D eigenvalue weighted by atomic mass is 10.2. The zero-order valence-electron chi connectivity index (χ0n) is 13.8. The van der Waals surface area contributed by atoms with Gasteiger partial charge in [-0.25, -0.2) is 9.37 Å². The number of amides is 1. The Hall–Kier alpha value is -2.95. The van der Waals surface area contributed by atoms with Crippen LogP contribution >= 0.6 is 0 Å². The topological polar surface area (TPSA) is 46.9 Å². The molecule has 1 amide bonds. The molecule has 1 aromatic carbocycles. The molecule has 0 aliphatic carbocycles. The summed E-state index contributed by atoms with van der Waals surface area (Å²) >= 11 is 0. The summed E-state index contributed by atoms with van der Waals surface area (Å²) in [5.41, 5.74) is 3.42. The fourth-order valence-electron chi connectivity index (χ4n) is 2.78. The van der Waals surface area contributed by atoms with Crippen molar-refractivity contribution in [3.05, 3.63) is 77.0 Å². The van der Waals surface area contributed by atoms with E-state index in [0.29, 0.717) is 22.8 Å². The first-order valence-electron chi connectivity index (χ1n) is 7.65. The minimum absolute atomic E-state index is 0.260. The maximum atomic E-state index is 14.1. The van der Waals surface area contributed by atoms with Crippen LogP contribution in [0.4, 0.5) is 10.2 Å². The number of nitrogens with zero attached hydrogens (tertiary/aromatic N) is 2. The molecule has 2 heterocycles. The van der Waals surface area contributed by atoms with Crippen LogP contribution in [-0.2, 0) is 0 Å². The lowest BCUT2D eigenvalue weighted by molar-refractivity contribution is 0.102. The molecule has 5 heteroatoms. The number of anilines is 1. The minimum atomic E-state index is -0.327. The van der Waals surface area contributed by atoms with E-state index in [9.17, 15) is 9.18 Å². The summed E-state index contributed by atoms with van der Waals surface area (Å²) in [7, 11) is 0. The van der Waals surface area contributed by atoms with Gasteiger partial charge in [-0.3, -0.25) is 4.79 Å². The molecule has 24 heavy (non-hydrogen) atoms. The van der Waals surface area contributed by atoms with Gasteiger partial charge in [0.25, 0.3) is 5.91 Å². The lowest BCUT2D eigenvalue weighted by Crippen LogP contribution is -2.14. The zero-order valence-corrected chi connectivity index (χ0v) is 13.8. The van der Waals surface area contributed by atoms with Crippen molar-refractivity contribution in [2.75, 3.05) is 5.32 Å². The quantitative estimate of drug-likeness (QED) is 0.785. The van der Waals surface area contributed by atoms with E-state index in [2.05, 4.69) is 10.3 Å². The number of rotatable bonds is 3.